The minimum atomic E-state index is -1.03. The summed E-state index contributed by atoms with van der Waals surface area (Å²) in [6.07, 6.45) is 5.03. The van der Waals surface area contributed by atoms with Gasteiger partial charge in [-0.3, -0.25) is 4.79 Å². The van der Waals surface area contributed by atoms with E-state index in [0.29, 0.717) is 6.54 Å². The number of hydrogen-bond acceptors (Lipinski definition) is 2. The number of nitrogens with zero attached hydrogens (tertiary/aromatic N) is 2. The molecule has 0 aromatic rings. The standard InChI is InChI=1S/C9H14N2O3/c1-4-6-10(3)9(14)11(5-2)7-8(12)13/h1H,5-7H2,2-3H3,(H,12,13). The molecule has 0 aliphatic heterocycles. The van der Waals surface area contributed by atoms with Crippen LogP contribution >= 0.6 is 0 Å². The van der Waals surface area contributed by atoms with Gasteiger partial charge in [0.1, 0.15) is 6.54 Å². The van der Waals surface area contributed by atoms with Crippen LogP contribution < -0.4 is 0 Å². The van der Waals surface area contributed by atoms with Gasteiger partial charge in [0.25, 0.3) is 0 Å². The Balaban J connectivity index is 4.31. The van der Waals surface area contributed by atoms with Crippen LogP contribution in [0.4, 0.5) is 4.79 Å². The van der Waals surface area contributed by atoms with Crippen LogP contribution in [0.3, 0.4) is 0 Å². The summed E-state index contributed by atoms with van der Waals surface area (Å²) in [6.45, 7) is 1.93. The second kappa shape index (κ2) is 5.86. The zero-order valence-electron chi connectivity index (χ0n) is 8.36. The van der Waals surface area contributed by atoms with E-state index in [1.165, 1.54) is 16.8 Å². The molecule has 0 rings (SSSR count). The minimum Gasteiger partial charge on any atom is -0.480 e. The lowest BCUT2D eigenvalue weighted by Gasteiger charge is -2.24. The Morgan fingerprint density at radius 3 is 2.43 bits per heavy atom. The van der Waals surface area contributed by atoms with E-state index in [0.717, 1.165) is 0 Å². The number of amides is 2. The van der Waals surface area contributed by atoms with Crippen LogP contribution in [0.2, 0.25) is 0 Å². The fourth-order valence-corrected chi connectivity index (χ4v) is 0.924. The molecule has 0 bridgehead atoms. The first-order valence-electron chi connectivity index (χ1n) is 4.18. The highest BCUT2D eigenvalue weighted by Gasteiger charge is 2.17. The second-order valence-corrected chi connectivity index (χ2v) is 2.75. The molecule has 0 aliphatic rings. The Morgan fingerprint density at radius 2 is 2.07 bits per heavy atom. The average Bonchev–Trinajstić information content (AvgIpc) is 2.13. The molecule has 0 spiro atoms. The van der Waals surface area contributed by atoms with Crippen molar-refractivity contribution >= 4 is 12.0 Å². The normalized spacial score (nSPS) is 8.93. The van der Waals surface area contributed by atoms with E-state index in [4.69, 9.17) is 11.5 Å². The molecule has 0 atom stereocenters. The first-order chi connectivity index (χ1) is 6.52. The van der Waals surface area contributed by atoms with Crippen LogP contribution in [0, 0.1) is 12.3 Å². The number of carboxylic acid groups (broad SMARTS) is 1. The lowest BCUT2D eigenvalue weighted by molar-refractivity contribution is -0.137. The van der Waals surface area contributed by atoms with E-state index < -0.39 is 5.97 Å². The van der Waals surface area contributed by atoms with Crippen molar-refractivity contribution in [3.05, 3.63) is 0 Å². The molecule has 0 aliphatic carbocycles. The third-order valence-electron chi connectivity index (χ3n) is 1.63. The molecule has 5 heteroatoms. The van der Waals surface area contributed by atoms with Crippen molar-refractivity contribution in [3.8, 4) is 12.3 Å². The van der Waals surface area contributed by atoms with Gasteiger partial charge >= 0.3 is 12.0 Å². The third kappa shape index (κ3) is 3.81. The third-order valence-corrected chi connectivity index (χ3v) is 1.63. The summed E-state index contributed by atoms with van der Waals surface area (Å²) >= 11 is 0. The van der Waals surface area contributed by atoms with Gasteiger partial charge in [-0.15, -0.1) is 6.42 Å². The molecule has 2 amide bonds. The van der Waals surface area contributed by atoms with Crippen LogP contribution in [0.15, 0.2) is 0 Å². The maximum absolute atomic E-state index is 11.5. The van der Waals surface area contributed by atoms with E-state index >= 15 is 0 Å². The fraction of sp³-hybridized carbons (Fsp3) is 0.556. The molecule has 0 aromatic carbocycles. The van der Waals surface area contributed by atoms with E-state index in [9.17, 15) is 9.59 Å². The number of rotatable bonds is 4. The van der Waals surface area contributed by atoms with Crippen LogP contribution in [0.25, 0.3) is 0 Å². The second-order valence-electron chi connectivity index (χ2n) is 2.75. The summed E-state index contributed by atoms with van der Waals surface area (Å²) in [5, 5.41) is 8.52. The van der Waals surface area contributed by atoms with E-state index in [1.807, 2.05) is 0 Å². The zero-order valence-corrected chi connectivity index (χ0v) is 8.36. The van der Waals surface area contributed by atoms with Crippen LogP contribution in [0.5, 0.6) is 0 Å². The Kier molecular flexibility index (Phi) is 5.15. The maximum atomic E-state index is 11.5. The first-order valence-corrected chi connectivity index (χ1v) is 4.18. The van der Waals surface area contributed by atoms with Gasteiger partial charge in [0.15, 0.2) is 0 Å². The van der Waals surface area contributed by atoms with Gasteiger partial charge in [0, 0.05) is 13.6 Å². The van der Waals surface area contributed by atoms with Gasteiger partial charge in [0.05, 0.1) is 6.54 Å². The van der Waals surface area contributed by atoms with Crippen molar-refractivity contribution in [1.29, 1.82) is 0 Å². The largest absolute Gasteiger partial charge is 0.480 e. The quantitative estimate of drug-likeness (QED) is 0.651. The summed E-state index contributed by atoms with van der Waals surface area (Å²) in [7, 11) is 1.53. The first kappa shape index (κ1) is 12.3. The van der Waals surface area contributed by atoms with Gasteiger partial charge in [-0.25, -0.2) is 4.79 Å². The molecule has 0 radical (unpaired) electrons. The molecule has 0 saturated carbocycles. The predicted octanol–water partition coefficient (Wildman–Crippen LogP) is 0.0779. The Labute approximate surface area is 83.3 Å². The van der Waals surface area contributed by atoms with E-state index in [2.05, 4.69) is 5.92 Å². The summed E-state index contributed by atoms with van der Waals surface area (Å²) in [4.78, 5) is 24.4. The fourth-order valence-electron chi connectivity index (χ4n) is 0.924. The SMILES string of the molecule is C#CCN(C)C(=O)N(CC)CC(=O)O. The summed E-state index contributed by atoms with van der Waals surface area (Å²) in [5.41, 5.74) is 0. The van der Waals surface area contributed by atoms with Gasteiger partial charge in [-0.05, 0) is 6.92 Å². The molecule has 78 valence electrons. The molecule has 1 N–H and O–H groups in total. The number of carbonyl (C=O) groups is 2. The molecule has 0 saturated heterocycles. The van der Waals surface area contributed by atoms with Crippen molar-refractivity contribution in [3.63, 3.8) is 0 Å². The number of carbonyl (C=O) groups excluding carboxylic acids is 1. The monoisotopic (exact) mass is 198 g/mol. The number of carboxylic acids is 1. The average molecular weight is 198 g/mol. The molecule has 14 heavy (non-hydrogen) atoms. The van der Waals surface area contributed by atoms with Gasteiger partial charge in [0.2, 0.25) is 0 Å². The van der Waals surface area contributed by atoms with Gasteiger partial charge in [-0.1, -0.05) is 5.92 Å². The highest BCUT2D eigenvalue weighted by molar-refractivity contribution is 5.80. The van der Waals surface area contributed by atoms with Crippen LogP contribution in [-0.4, -0.2) is 53.6 Å². The van der Waals surface area contributed by atoms with Crippen molar-refractivity contribution in [2.75, 3.05) is 26.7 Å². The van der Waals surface area contributed by atoms with Crippen LogP contribution in [0.1, 0.15) is 6.92 Å². The summed E-state index contributed by atoms with van der Waals surface area (Å²) in [6, 6.07) is -0.368. The Morgan fingerprint density at radius 1 is 1.50 bits per heavy atom. The van der Waals surface area contributed by atoms with E-state index in [-0.39, 0.29) is 19.1 Å². The Bertz CT molecular complexity index is 257. The number of urea groups is 1. The number of hydrogen-bond donors (Lipinski definition) is 1. The predicted molar refractivity (Wildman–Crippen MR) is 51.7 cm³/mol. The van der Waals surface area contributed by atoms with Crippen LogP contribution in [-0.2, 0) is 4.79 Å². The van der Waals surface area contributed by atoms with Crippen molar-refractivity contribution in [2.45, 2.75) is 6.92 Å². The molecule has 0 fully saturated rings. The Hall–Kier alpha value is -1.70. The number of likely N-dealkylation sites (N-methyl/N-ethyl adjacent to an activating group) is 1. The molecule has 0 unspecified atom stereocenters. The zero-order chi connectivity index (χ0) is 11.1. The van der Waals surface area contributed by atoms with E-state index in [1.54, 1.807) is 6.92 Å². The molecular weight excluding hydrogens is 184 g/mol. The summed E-state index contributed by atoms with van der Waals surface area (Å²) in [5.74, 6) is 1.28. The maximum Gasteiger partial charge on any atom is 0.323 e. The van der Waals surface area contributed by atoms with Gasteiger partial charge < -0.3 is 14.9 Å². The smallest absolute Gasteiger partial charge is 0.323 e. The lowest BCUT2D eigenvalue weighted by atomic mass is 10.5. The summed E-state index contributed by atoms with van der Waals surface area (Å²) < 4.78 is 0. The molecule has 5 nitrogen and oxygen atoms in total. The minimum absolute atomic E-state index is 0.176. The van der Waals surface area contributed by atoms with Gasteiger partial charge in [-0.2, -0.15) is 0 Å². The lowest BCUT2D eigenvalue weighted by Crippen LogP contribution is -2.43. The van der Waals surface area contributed by atoms with Crippen molar-refractivity contribution in [2.24, 2.45) is 0 Å². The van der Waals surface area contributed by atoms with Crippen molar-refractivity contribution in [1.82, 2.24) is 9.80 Å². The highest BCUT2D eigenvalue weighted by atomic mass is 16.4. The molecular formula is C9H14N2O3. The van der Waals surface area contributed by atoms with Crippen molar-refractivity contribution < 1.29 is 14.7 Å². The highest BCUT2D eigenvalue weighted by Crippen LogP contribution is 1.95. The number of terminal acetylenes is 1. The molecule has 0 heterocycles. The molecule has 0 aromatic heterocycles. The number of aliphatic carboxylic acids is 1. The topological polar surface area (TPSA) is 60.9 Å².